The van der Waals surface area contributed by atoms with Gasteiger partial charge in [-0.1, -0.05) is 0 Å². The van der Waals surface area contributed by atoms with Gasteiger partial charge in [-0.15, -0.1) is 0 Å². The molecule has 8 atom stereocenters. The van der Waals surface area contributed by atoms with Crippen molar-refractivity contribution < 1.29 is 40.1 Å². The number of nitrogens with zero attached hydrogens (tertiary/aromatic N) is 3. The van der Waals surface area contributed by atoms with Crippen molar-refractivity contribution in [2.45, 2.75) is 49.1 Å². The molecule has 2 saturated heterocycles. The van der Waals surface area contributed by atoms with Crippen LogP contribution < -0.4 is 5.69 Å². The lowest BCUT2D eigenvalue weighted by molar-refractivity contribution is -0.0659. The molecule has 0 spiro atoms. The van der Waals surface area contributed by atoms with Gasteiger partial charge >= 0.3 is 5.69 Å². The molecule has 0 aliphatic carbocycles. The second-order valence-electron chi connectivity index (χ2n) is 5.72. The van der Waals surface area contributed by atoms with Crippen LogP contribution in [0.1, 0.15) is 12.5 Å². The average Bonchev–Trinajstić information content (AvgIpc) is 3.17. The van der Waals surface area contributed by atoms with Gasteiger partial charge in [-0.25, -0.2) is 4.79 Å². The summed E-state index contributed by atoms with van der Waals surface area (Å²) in [6.45, 7) is -1.11. The van der Waals surface area contributed by atoms with Gasteiger partial charge in [0.25, 0.3) is 0 Å². The van der Waals surface area contributed by atoms with E-state index in [2.05, 4.69) is 5.10 Å². The van der Waals surface area contributed by atoms with E-state index in [0.717, 1.165) is 15.6 Å². The van der Waals surface area contributed by atoms with Crippen molar-refractivity contribution in [2.24, 2.45) is 0 Å². The molecule has 0 aromatic carbocycles. The third-order valence-electron chi connectivity index (χ3n) is 4.27. The van der Waals surface area contributed by atoms with Gasteiger partial charge in [0.15, 0.2) is 12.5 Å². The highest BCUT2D eigenvalue weighted by Gasteiger charge is 2.47. The van der Waals surface area contributed by atoms with Gasteiger partial charge in [-0.3, -0.25) is 4.57 Å². The topological polar surface area (TPSA) is 180 Å². The standard InChI is InChI=1S/C12H19N3O9/c16-1-4-6(18)8(20)10(23-4)14-3-13-15(12(14)22)11-9(21)7(19)5(2-17)24-11/h3-11,16-21H,1-2H2/t4-,5-,6-,7-,8-,9-,10-,11-/m1/s1. The number of rotatable bonds is 4. The lowest BCUT2D eigenvalue weighted by Gasteiger charge is -2.16. The van der Waals surface area contributed by atoms with E-state index in [4.69, 9.17) is 19.7 Å². The summed E-state index contributed by atoms with van der Waals surface area (Å²) in [4.78, 5) is 12.4. The number of ether oxygens (including phenoxy) is 2. The van der Waals surface area contributed by atoms with Crippen molar-refractivity contribution >= 4 is 0 Å². The van der Waals surface area contributed by atoms with Crippen LogP contribution in [0.2, 0.25) is 0 Å². The van der Waals surface area contributed by atoms with E-state index >= 15 is 0 Å². The quantitative estimate of drug-likeness (QED) is 0.309. The van der Waals surface area contributed by atoms with Crippen LogP contribution in [0.5, 0.6) is 0 Å². The molecule has 3 heterocycles. The Morgan fingerprint density at radius 2 is 1.42 bits per heavy atom. The van der Waals surface area contributed by atoms with Crippen LogP contribution in [0.25, 0.3) is 0 Å². The Labute approximate surface area is 134 Å². The maximum Gasteiger partial charge on any atom is 0.350 e. The van der Waals surface area contributed by atoms with Crippen LogP contribution >= 0.6 is 0 Å². The molecular formula is C12H19N3O9. The van der Waals surface area contributed by atoms with E-state index in [1.54, 1.807) is 0 Å². The van der Waals surface area contributed by atoms with E-state index in [-0.39, 0.29) is 0 Å². The molecule has 1 aromatic rings. The molecule has 12 heteroatoms. The largest absolute Gasteiger partial charge is 0.394 e. The van der Waals surface area contributed by atoms with Gasteiger partial charge in [0.2, 0.25) is 0 Å². The normalized spacial score (nSPS) is 42.8. The van der Waals surface area contributed by atoms with Crippen LogP contribution in [0.3, 0.4) is 0 Å². The first-order chi connectivity index (χ1) is 11.4. The number of hydrogen-bond donors (Lipinski definition) is 6. The summed E-state index contributed by atoms with van der Waals surface area (Å²) in [7, 11) is 0. The molecule has 24 heavy (non-hydrogen) atoms. The molecule has 0 bridgehead atoms. The number of aromatic nitrogens is 3. The average molecular weight is 349 g/mol. The van der Waals surface area contributed by atoms with Crippen LogP contribution in [-0.4, -0.2) is 94.8 Å². The zero-order valence-electron chi connectivity index (χ0n) is 12.4. The summed E-state index contributed by atoms with van der Waals surface area (Å²) in [5.41, 5.74) is -0.834. The van der Waals surface area contributed by atoms with Crippen molar-refractivity contribution in [3.05, 3.63) is 16.8 Å². The fraction of sp³-hybridized carbons (Fsp3) is 0.833. The minimum Gasteiger partial charge on any atom is -0.394 e. The summed E-state index contributed by atoms with van der Waals surface area (Å²) in [5, 5.41) is 61.3. The molecule has 0 radical (unpaired) electrons. The first-order valence-electron chi connectivity index (χ1n) is 7.31. The van der Waals surface area contributed by atoms with Crippen molar-refractivity contribution in [1.29, 1.82) is 0 Å². The van der Waals surface area contributed by atoms with Crippen LogP contribution in [-0.2, 0) is 9.47 Å². The highest BCUT2D eigenvalue weighted by molar-refractivity contribution is 4.93. The lowest BCUT2D eigenvalue weighted by Crippen LogP contribution is -2.38. The van der Waals surface area contributed by atoms with Crippen molar-refractivity contribution in [1.82, 2.24) is 14.3 Å². The Balaban J connectivity index is 1.86. The molecule has 6 N–H and O–H groups in total. The highest BCUT2D eigenvalue weighted by atomic mass is 16.6. The van der Waals surface area contributed by atoms with Gasteiger partial charge in [0.05, 0.1) is 13.2 Å². The summed E-state index contributed by atoms with van der Waals surface area (Å²) < 4.78 is 12.1. The summed E-state index contributed by atoms with van der Waals surface area (Å²) >= 11 is 0. The lowest BCUT2D eigenvalue weighted by atomic mass is 10.1. The first kappa shape index (κ1) is 17.4. The number of aliphatic hydroxyl groups excluding tert-OH is 6. The Morgan fingerprint density at radius 3 is 1.92 bits per heavy atom. The maximum atomic E-state index is 12.4. The smallest absolute Gasteiger partial charge is 0.350 e. The summed E-state index contributed by atoms with van der Waals surface area (Å²) in [5.74, 6) is 0. The predicted octanol–water partition coefficient (Wildman–Crippen LogP) is -4.73. The third-order valence-corrected chi connectivity index (χ3v) is 4.27. The van der Waals surface area contributed by atoms with E-state index < -0.39 is 68.0 Å². The minimum absolute atomic E-state index is 0.549. The second-order valence-corrected chi connectivity index (χ2v) is 5.72. The molecule has 12 nitrogen and oxygen atoms in total. The fourth-order valence-corrected chi connectivity index (χ4v) is 2.87. The maximum absolute atomic E-state index is 12.4. The molecule has 2 aliphatic heterocycles. The molecule has 0 unspecified atom stereocenters. The van der Waals surface area contributed by atoms with Gasteiger partial charge in [0.1, 0.15) is 43.0 Å². The summed E-state index contributed by atoms with van der Waals surface area (Å²) in [6, 6.07) is 0. The van der Waals surface area contributed by atoms with Crippen LogP contribution in [0, 0.1) is 0 Å². The second kappa shape index (κ2) is 6.50. The van der Waals surface area contributed by atoms with Gasteiger partial charge in [0, 0.05) is 0 Å². The third kappa shape index (κ3) is 2.57. The fourth-order valence-electron chi connectivity index (χ4n) is 2.87. The van der Waals surface area contributed by atoms with Crippen LogP contribution in [0.4, 0.5) is 0 Å². The van der Waals surface area contributed by atoms with E-state index in [9.17, 15) is 25.2 Å². The molecule has 0 amide bonds. The van der Waals surface area contributed by atoms with Crippen LogP contribution in [0.15, 0.2) is 11.1 Å². The predicted molar refractivity (Wildman–Crippen MR) is 72.5 cm³/mol. The van der Waals surface area contributed by atoms with Gasteiger partial charge < -0.3 is 40.1 Å². The number of hydrogen-bond acceptors (Lipinski definition) is 10. The number of aliphatic hydroxyl groups is 6. The van der Waals surface area contributed by atoms with E-state index in [0.29, 0.717) is 0 Å². The molecule has 2 fully saturated rings. The Morgan fingerprint density at radius 1 is 0.917 bits per heavy atom. The van der Waals surface area contributed by atoms with Crippen molar-refractivity contribution in [2.75, 3.05) is 13.2 Å². The molecule has 136 valence electrons. The zero-order valence-corrected chi connectivity index (χ0v) is 12.4. The Kier molecular flexibility index (Phi) is 4.72. The SMILES string of the molecule is O=c1n([C@@H]2O[C@H](CO)[C@@H](O)[C@H]2O)cnn1[C@@H]1O[C@H](CO)[C@@H](O)[C@H]1O. The van der Waals surface area contributed by atoms with Crippen molar-refractivity contribution in [3.63, 3.8) is 0 Å². The van der Waals surface area contributed by atoms with Gasteiger partial charge in [-0.2, -0.15) is 9.78 Å². The van der Waals surface area contributed by atoms with E-state index in [1.165, 1.54) is 0 Å². The summed E-state index contributed by atoms with van der Waals surface area (Å²) in [6.07, 6.45) is -9.48. The van der Waals surface area contributed by atoms with Crippen molar-refractivity contribution in [3.8, 4) is 0 Å². The minimum atomic E-state index is -1.49. The Hall–Kier alpha value is -1.38. The Bertz CT molecular complexity index is 583. The molecular weight excluding hydrogens is 330 g/mol. The van der Waals surface area contributed by atoms with Gasteiger partial charge in [-0.05, 0) is 0 Å². The molecule has 3 rings (SSSR count). The first-order valence-corrected chi connectivity index (χ1v) is 7.31. The van der Waals surface area contributed by atoms with E-state index in [1.807, 2.05) is 0 Å². The monoisotopic (exact) mass is 349 g/mol. The zero-order chi connectivity index (χ0) is 17.6. The highest BCUT2D eigenvalue weighted by Crippen LogP contribution is 2.30. The molecule has 2 aliphatic rings. The molecule has 1 aromatic heterocycles. The molecule has 0 saturated carbocycles.